The molecule has 1 aliphatic heterocycles. The van der Waals surface area contributed by atoms with Gasteiger partial charge in [-0.2, -0.15) is 0 Å². The van der Waals surface area contributed by atoms with Crippen molar-refractivity contribution in [1.82, 2.24) is 4.90 Å². The molecule has 1 saturated heterocycles. The molecule has 0 bridgehead atoms. The molecule has 0 N–H and O–H groups in total. The molecule has 0 spiro atoms. The van der Waals surface area contributed by atoms with Crippen LogP contribution in [0.2, 0.25) is 10.0 Å². The van der Waals surface area contributed by atoms with Gasteiger partial charge in [-0.15, -0.1) is 0 Å². The number of carbonyl (C=O) groups is 4. The Bertz CT molecular complexity index is 1190. The number of esters is 1. The molecule has 2 aromatic carbocycles. The van der Waals surface area contributed by atoms with E-state index in [9.17, 15) is 19.2 Å². The highest BCUT2D eigenvalue weighted by atomic mass is 35.5. The van der Waals surface area contributed by atoms with Crippen molar-refractivity contribution in [1.29, 1.82) is 0 Å². The number of hydrogen-bond acceptors (Lipinski definition) is 7. The Morgan fingerprint density at radius 2 is 1.64 bits per heavy atom. The van der Waals surface area contributed by atoms with Gasteiger partial charge in [0.25, 0.3) is 5.91 Å². The Morgan fingerprint density at radius 1 is 1.00 bits per heavy atom. The molecule has 3 amide bonds. The summed E-state index contributed by atoms with van der Waals surface area (Å²) in [7, 11) is 0. The molecule has 1 unspecified atom stereocenters. The highest BCUT2D eigenvalue weighted by molar-refractivity contribution is 6.42. The first-order chi connectivity index (χ1) is 16.7. The number of halogens is 2. The van der Waals surface area contributed by atoms with E-state index in [2.05, 4.69) is 0 Å². The Hall–Kier alpha value is -3.30. The minimum absolute atomic E-state index is 0.0470. The molecule has 9 nitrogen and oxygen atoms in total. The standard InChI is InChI=1S/C25H26Cl2N2O7/c1-15(30)34-13-12-28-22(32)29(17-8-11-19(26)20(27)14-17)21(31)25(28,5)16-6-9-18(10-7-16)35-23(33)36-24(2,3)4/h6-11,14H,12-13H2,1-5H3. The van der Waals surface area contributed by atoms with Crippen LogP contribution in [0.5, 0.6) is 5.75 Å². The molecular weight excluding hydrogens is 511 g/mol. The summed E-state index contributed by atoms with van der Waals surface area (Å²) in [5.41, 5.74) is -1.50. The van der Waals surface area contributed by atoms with E-state index >= 15 is 0 Å². The van der Waals surface area contributed by atoms with Crippen molar-refractivity contribution in [2.45, 2.75) is 45.8 Å². The molecule has 1 fully saturated rings. The number of amides is 3. The molecule has 1 atom stereocenters. The minimum atomic E-state index is -1.46. The van der Waals surface area contributed by atoms with Gasteiger partial charge < -0.3 is 19.1 Å². The molecule has 1 aliphatic rings. The zero-order valence-corrected chi connectivity index (χ0v) is 22.0. The molecule has 3 rings (SSSR count). The smallest absolute Gasteiger partial charge is 0.464 e. The number of imide groups is 1. The van der Waals surface area contributed by atoms with Crippen LogP contribution in [-0.2, 0) is 24.6 Å². The second-order valence-electron chi connectivity index (χ2n) is 9.18. The third kappa shape index (κ3) is 5.74. The average Bonchev–Trinajstić information content (AvgIpc) is 2.96. The van der Waals surface area contributed by atoms with Gasteiger partial charge in [0.15, 0.2) is 0 Å². The first kappa shape index (κ1) is 27.3. The number of carbonyl (C=O) groups excluding carboxylic acids is 4. The van der Waals surface area contributed by atoms with E-state index in [1.807, 2.05) is 0 Å². The van der Waals surface area contributed by atoms with Crippen LogP contribution in [0.3, 0.4) is 0 Å². The Balaban J connectivity index is 1.95. The number of hydrogen-bond donors (Lipinski definition) is 0. The third-order valence-corrected chi connectivity index (χ3v) is 6.11. The summed E-state index contributed by atoms with van der Waals surface area (Å²) >= 11 is 12.1. The maximum atomic E-state index is 13.7. The van der Waals surface area contributed by atoms with Gasteiger partial charge >= 0.3 is 18.2 Å². The van der Waals surface area contributed by atoms with Crippen molar-refractivity contribution in [3.05, 3.63) is 58.1 Å². The Morgan fingerprint density at radius 3 is 2.19 bits per heavy atom. The number of benzene rings is 2. The zero-order valence-electron chi connectivity index (χ0n) is 20.5. The molecule has 2 aromatic rings. The number of urea groups is 1. The molecule has 0 aromatic heterocycles. The Labute approximate surface area is 218 Å². The van der Waals surface area contributed by atoms with Crippen LogP contribution >= 0.6 is 23.2 Å². The normalized spacial score (nSPS) is 17.9. The van der Waals surface area contributed by atoms with Crippen molar-refractivity contribution < 1.29 is 33.4 Å². The largest absolute Gasteiger partial charge is 0.514 e. The van der Waals surface area contributed by atoms with Crippen LogP contribution in [0.1, 0.15) is 40.2 Å². The van der Waals surface area contributed by atoms with Crippen LogP contribution in [-0.4, -0.2) is 47.7 Å². The van der Waals surface area contributed by atoms with E-state index in [-0.39, 0.29) is 34.6 Å². The van der Waals surface area contributed by atoms with E-state index in [4.69, 9.17) is 37.4 Å². The number of anilines is 1. The van der Waals surface area contributed by atoms with E-state index in [0.29, 0.717) is 5.56 Å². The van der Waals surface area contributed by atoms with Gasteiger partial charge in [0, 0.05) is 6.92 Å². The summed E-state index contributed by atoms with van der Waals surface area (Å²) < 4.78 is 15.4. The molecule has 0 saturated carbocycles. The molecule has 1 heterocycles. The maximum Gasteiger partial charge on any atom is 0.514 e. The second-order valence-corrected chi connectivity index (χ2v) is 9.99. The van der Waals surface area contributed by atoms with E-state index in [1.165, 1.54) is 42.2 Å². The van der Waals surface area contributed by atoms with Crippen LogP contribution in [0.4, 0.5) is 15.3 Å². The topological polar surface area (TPSA) is 102 Å². The van der Waals surface area contributed by atoms with Gasteiger partial charge in [-0.05, 0) is 63.6 Å². The van der Waals surface area contributed by atoms with Crippen LogP contribution < -0.4 is 9.64 Å². The first-order valence-electron chi connectivity index (χ1n) is 11.0. The van der Waals surface area contributed by atoms with Crippen molar-refractivity contribution in [2.24, 2.45) is 0 Å². The van der Waals surface area contributed by atoms with Gasteiger partial charge in [0.05, 0.1) is 22.3 Å². The van der Waals surface area contributed by atoms with Gasteiger partial charge in [-0.1, -0.05) is 35.3 Å². The maximum absolute atomic E-state index is 13.7. The monoisotopic (exact) mass is 536 g/mol. The van der Waals surface area contributed by atoms with Crippen molar-refractivity contribution in [3.63, 3.8) is 0 Å². The van der Waals surface area contributed by atoms with E-state index in [0.717, 1.165) is 4.90 Å². The molecule has 192 valence electrons. The lowest BCUT2D eigenvalue weighted by Gasteiger charge is -2.32. The lowest BCUT2D eigenvalue weighted by atomic mass is 9.90. The van der Waals surface area contributed by atoms with E-state index < -0.39 is 35.2 Å². The lowest BCUT2D eigenvalue weighted by Crippen LogP contribution is -2.45. The molecule has 11 heteroatoms. The molecular formula is C25H26Cl2N2O7. The number of nitrogens with zero attached hydrogens (tertiary/aromatic N) is 2. The summed E-state index contributed by atoms with van der Waals surface area (Å²) in [5, 5.41) is 0.452. The fourth-order valence-electron chi connectivity index (χ4n) is 3.68. The first-order valence-corrected chi connectivity index (χ1v) is 11.8. The average molecular weight is 537 g/mol. The summed E-state index contributed by atoms with van der Waals surface area (Å²) in [6, 6.07) is 9.93. The second kappa shape index (κ2) is 10.4. The highest BCUT2D eigenvalue weighted by Gasteiger charge is 2.55. The number of rotatable bonds is 6. The molecule has 36 heavy (non-hydrogen) atoms. The summed E-state index contributed by atoms with van der Waals surface area (Å²) in [6.07, 6.45) is -0.873. The Kier molecular flexibility index (Phi) is 7.85. The summed E-state index contributed by atoms with van der Waals surface area (Å²) in [4.78, 5) is 52.8. The van der Waals surface area contributed by atoms with E-state index in [1.54, 1.807) is 39.8 Å². The van der Waals surface area contributed by atoms with Gasteiger partial charge in [0.1, 0.15) is 23.5 Å². The summed E-state index contributed by atoms with van der Waals surface area (Å²) in [6.45, 7) is 7.82. The van der Waals surface area contributed by atoms with Crippen molar-refractivity contribution in [3.8, 4) is 5.75 Å². The predicted octanol–water partition coefficient (Wildman–Crippen LogP) is 5.55. The molecule has 0 aliphatic carbocycles. The SMILES string of the molecule is CC(=O)OCCN1C(=O)N(c2ccc(Cl)c(Cl)c2)C(=O)C1(C)c1ccc(OC(=O)OC(C)(C)C)cc1. The van der Waals surface area contributed by atoms with Crippen molar-refractivity contribution in [2.75, 3.05) is 18.1 Å². The predicted molar refractivity (Wildman–Crippen MR) is 133 cm³/mol. The van der Waals surface area contributed by atoms with Gasteiger partial charge in [-0.3, -0.25) is 9.59 Å². The van der Waals surface area contributed by atoms with Crippen LogP contribution in [0.25, 0.3) is 0 Å². The quantitative estimate of drug-likeness (QED) is 0.270. The minimum Gasteiger partial charge on any atom is -0.464 e. The summed E-state index contributed by atoms with van der Waals surface area (Å²) in [5.74, 6) is -0.865. The number of ether oxygens (including phenoxy) is 3. The van der Waals surface area contributed by atoms with Crippen LogP contribution in [0.15, 0.2) is 42.5 Å². The van der Waals surface area contributed by atoms with Crippen molar-refractivity contribution >= 4 is 53.0 Å². The third-order valence-electron chi connectivity index (χ3n) is 5.37. The van der Waals surface area contributed by atoms with Gasteiger partial charge in [-0.25, -0.2) is 14.5 Å². The lowest BCUT2D eigenvalue weighted by molar-refractivity contribution is -0.141. The molecule has 0 radical (unpaired) electrons. The zero-order chi connectivity index (χ0) is 26.8. The fraction of sp³-hybridized carbons (Fsp3) is 0.360. The highest BCUT2D eigenvalue weighted by Crippen LogP contribution is 2.41. The van der Waals surface area contributed by atoms with Crippen LogP contribution in [0, 0.1) is 0 Å². The van der Waals surface area contributed by atoms with Gasteiger partial charge in [0.2, 0.25) is 0 Å². The fourth-order valence-corrected chi connectivity index (χ4v) is 3.97.